The van der Waals surface area contributed by atoms with Crippen LogP contribution in [0.2, 0.25) is 0 Å². The summed E-state index contributed by atoms with van der Waals surface area (Å²) < 4.78 is 2.05. The van der Waals surface area contributed by atoms with Gasteiger partial charge in [-0.15, -0.1) is 0 Å². The lowest BCUT2D eigenvalue weighted by atomic mass is 10.3. The average molecular weight is 178 g/mol. The number of hydrogen-bond donors (Lipinski definition) is 0. The van der Waals surface area contributed by atoms with E-state index in [1.54, 1.807) is 6.20 Å². The second kappa shape index (κ2) is 2.98. The summed E-state index contributed by atoms with van der Waals surface area (Å²) in [5, 5.41) is 0. The van der Waals surface area contributed by atoms with Crippen molar-refractivity contribution in [1.29, 1.82) is 0 Å². The molecule has 1 aromatic heterocycles. The molecule has 0 atom stereocenters. The van der Waals surface area contributed by atoms with Crippen molar-refractivity contribution in [3.63, 3.8) is 0 Å². The molecule has 1 saturated carbocycles. The highest BCUT2D eigenvalue weighted by molar-refractivity contribution is 5.72. The van der Waals surface area contributed by atoms with Gasteiger partial charge in [-0.2, -0.15) is 0 Å². The van der Waals surface area contributed by atoms with Crippen molar-refractivity contribution in [2.24, 2.45) is 0 Å². The molecule has 0 unspecified atom stereocenters. The van der Waals surface area contributed by atoms with Gasteiger partial charge in [0.2, 0.25) is 0 Å². The number of rotatable bonds is 3. The number of imidazole rings is 1. The molecular formula is C10H14N2O. The van der Waals surface area contributed by atoms with Gasteiger partial charge in [0.05, 0.1) is 6.20 Å². The third-order valence-corrected chi connectivity index (χ3v) is 2.43. The Morgan fingerprint density at radius 2 is 2.31 bits per heavy atom. The van der Waals surface area contributed by atoms with Gasteiger partial charge in [0, 0.05) is 12.0 Å². The van der Waals surface area contributed by atoms with E-state index in [0.717, 1.165) is 12.1 Å². The molecular weight excluding hydrogens is 164 g/mol. The molecule has 0 aromatic carbocycles. The molecule has 0 N–H and O–H groups in total. The second-order valence-electron chi connectivity index (χ2n) is 3.90. The van der Waals surface area contributed by atoms with Crippen LogP contribution in [0.15, 0.2) is 6.20 Å². The van der Waals surface area contributed by atoms with Crippen molar-refractivity contribution in [3.05, 3.63) is 17.7 Å². The van der Waals surface area contributed by atoms with Crippen LogP contribution in [0, 0.1) is 0 Å². The van der Waals surface area contributed by atoms with Crippen molar-refractivity contribution in [1.82, 2.24) is 9.55 Å². The Morgan fingerprint density at radius 3 is 2.77 bits per heavy atom. The third kappa shape index (κ3) is 1.39. The molecule has 0 radical (unpaired) electrons. The maximum atomic E-state index is 10.7. The lowest BCUT2D eigenvalue weighted by Gasteiger charge is -2.12. The summed E-state index contributed by atoms with van der Waals surface area (Å²) >= 11 is 0. The number of hydrogen-bond acceptors (Lipinski definition) is 2. The SMILES string of the molecule is CC(C)n1c(C=O)cnc1C1CC1. The van der Waals surface area contributed by atoms with Crippen LogP contribution in [0.1, 0.15) is 55.0 Å². The minimum atomic E-state index is 0.332. The van der Waals surface area contributed by atoms with Crippen LogP contribution in [0.25, 0.3) is 0 Å². The van der Waals surface area contributed by atoms with Crippen molar-refractivity contribution < 1.29 is 4.79 Å². The number of nitrogens with zero attached hydrogens (tertiary/aromatic N) is 2. The fraction of sp³-hybridized carbons (Fsp3) is 0.600. The molecule has 3 heteroatoms. The number of carbonyl (C=O) groups is 1. The van der Waals surface area contributed by atoms with Gasteiger partial charge in [-0.3, -0.25) is 4.79 Å². The first-order valence-corrected chi connectivity index (χ1v) is 4.76. The second-order valence-corrected chi connectivity index (χ2v) is 3.90. The highest BCUT2D eigenvalue weighted by atomic mass is 16.1. The number of aldehydes is 1. The van der Waals surface area contributed by atoms with Crippen molar-refractivity contribution in [2.75, 3.05) is 0 Å². The van der Waals surface area contributed by atoms with Crippen LogP contribution >= 0.6 is 0 Å². The van der Waals surface area contributed by atoms with Crippen LogP contribution in [0.3, 0.4) is 0 Å². The average Bonchev–Trinajstić information content (AvgIpc) is 2.84. The van der Waals surface area contributed by atoms with Crippen LogP contribution in [0.5, 0.6) is 0 Å². The Morgan fingerprint density at radius 1 is 1.62 bits per heavy atom. The molecule has 1 aliphatic rings. The molecule has 1 fully saturated rings. The van der Waals surface area contributed by atoms with E-state index in [4.69, 9.17) is 0 Å². The topological polar surface area (TPSA) is 34.9 Å². The van der Waals surface area contributed by atoms with E-state index < -0.39 is 0 Å². The predicted octanol–water partition coefficient (Wildman–Crippen LogP) is 2.15. The largest absolute Gasteiger partial charge is 0.323 e. The van der Waals surface area contributed by atoms with Gasteiger partial charge in [-0.1, -0.05) is 0 Å². The van der Waals surface area contributed by atoms with E-state index in [1.807, 2.05) is 4.57 Å². The zero-order valence-corrected chi connectivity index (χ0v) is 8.03. The van der Waals surface area contributed by atoms with E-state index in [9.17, 15) is 4.79 Å². The quantitative estimate of drug-likeness (QED) is 0.665. The minimum Gasteiger partial charge on any atom is -0.323 e. The Balaban J connectivity index is 2.43. The molecule has 13 heavy (non-hydrogen) atoms. The van der Waals surface area contributed by atoms with Gasteiger partial charge in [-0.05, 0) is 26.7 Å². The lowest BCUT2D eigenvalue weighted by Crippen LogP contribution is -2.08. The van der Waals surface area contributed by atoms with E-state index in [2.05, 4.69) is 18.8 Å². The smallest absolute Gasteiger partial charge is 0.168 e. The summed E-state index contributed by atoms with van der Waals surface area (Å²) in [6.07, 6.45) is 5.02. The van der Waals surface area contributed by atoms with Crippen LogP contribution < -0.4 is 0 Å². The first-order valence-electron chi connectivity index (χ1n) is 4.76. The molecule has 3 nitrogen and oxygen atoms in total. The van der Waals surface area contributed by atoms with Gasteiger partial charge in [0.15, 0.2) is 6.29 Å². The molecule has 70 valence electrons. The van der Waals surface area contributed by atoms with E-state index >= 15 is 0 Å². The first kappa shape index (κ1) is 8.48. The van der Waals surface area contributed by atoms with Crippen molar-refractivity contribution in [3.8, 4) is 0 Å². The molecule has 1 aliphatic carbocycles. The summed E-state index contributed by atoms with van der Waals surface area (Å²) in [6.45, 7) is 4.17. The molecule has 1 heterocycles. The van der Waals surface area contributed by atoms with E-state index in [0.29, 0.717) is 17.7 Å². The van der Waals surface area contributed by atoms with E-state index in [-0.39, 0.29) is 0 Å². The number of carbonyl (C=O) groups excluding carboxylic acids is 1. The summed E-state index contributed by atoms with van der Waals surface area (Å²) in [6, 6.07) is 0.332. The molecule has 0 amide bonds. The Hall–Kier alpha value is -1.12. The fourth-order valence-corrected chi connectivity index (χ4v) is 1.68. The summed E-state index contributed by atoms with van der Waals surface area (Å²) in [4.78, 5) is 15.0. The van der Waals surface area contributed by atoms with E-state index in [1.165, 1.54) is 12.8 Å². The van der Waals surface area contributed by atoms with Crippen LogP contribution in [0.4, 0.5) is 0 Å². The normalized spacial score (nSPS) is 16.5. The highest BCUT2D eigenvalue weighted by Crippen LogP contribution is 2.40. The Bertz CT molecular complexity index is 324. The molecule has 0 bridgehead atoms. The molecule has 1 aromatic rings. The van der Waals surface area contributed by atoms with Gasteiger partial charge in [0.1, 0.15) is 11.5 Å². The standard InChI is InChI=1S/C10H14N2O/c1-7(2)12-9(6-13)5-11-10(12)8-3-4-8/h5-8H,3-4H2,1-2H3. The maximum absolute atomic E-state index is 10.7. The fourth-order valence-electron chi connectivity index (χ4n) is 1.68. The maximum Gasteiger partial charge on any atom is 0.168 e. The zero-order valence-electron chi connectivity index (χ0n) is 8.03. The minimum absolute atomic E-state index is 0.332. The molecule has 0 aliphatic heterocycles. The predicted molar refractivity (Wildman–Crippen MR) is 50.0 cm³/mol. The number of aromatic nitrogens is 2. The molecule has 0 spiro atoms. The molecule has 2 rings (SSSR count). The summed E-state index contributed by atoms with van der Waals surface area (Å²) in [7, 11) is 0. The Kier molecular flexibility index (Phi) is 1.94. The van der Waals surface area contributed by atoms with Crippen LogP contribution in [-0.4, -0.2) is 15.8 Å². The van der Waals surface area contributed by atoms with Gasteiger partial charge in [-0.25, -0.2) is 4.98 Å². The highest BCUT2D eigenvalue weighted by Gasteiger charge is 2.29. The van der Waals surface area contributed by atoms with Crippen molar-refractivity contribution >= 4 is 6.29 Å². The van der Waals surface area contributed by atoms with Gasteiger partial charge < -0.3 is 4.57 Å². The first-order chi connectivity index (χ1) is 6.24. The van der Waals surface area contributed by atoms with Gasteiger partial charge >= 0.3 is 0 Å². The van der Waals surface area contributed by atoms with Crippen molar-refractivity contribution in [2.45, 2.75) is 38.6 Å². The summed E-state index contributed by atoms with van der Waals surface area (Å²) in [5.74, 6) is 1.70. The lowest BCUT2D eigenvalue weighted by molar-refractivity contribution is 0.111. The monoisotopic (exact) mass is 178 g/mol. The third-order valence-electron chi connectivity index (χ3n) is 2.43. The summed E-state index contributed by atoms with van der Waals surface area (Å²) in [5.41, 5.74) is 0.705. The van der Waals surface area contributed by atoms with Crippen LogP contribution in [-0.2, 0) is 0 Å². The van der Waals surface area contributed by atoms with Gasteiger partial charge in [0.25, 0.3) is 0 Å². The Labute approximate surface area is 77.8 Å². The zero-order chi connectivity index (χ0) is 9.42. The molecule has 0 saturated heterocycles.